The molecular formula is C18H13N. The summed E-state index contributed by atoms with van der Waals surface area (Å²) in [5, 5.41) is 1.64. The number of benzene rings is 3. The number of fused-ring (bicyclic) bond motifs is 3. The van der Waals surface area contributed by atoms with Crippen LogP contribution in [0.3, 0.4) is 0 Å². The number of para-hydroxylation sites is 1. The SMILES string of the molecule is [2H]c1c(-c2ccccc2)c([2H])c2c([nH]c3ccccc32)c1[2H]. The van der Waals surface area contributed by atoms with E-state index in [9.17, 15) is 0 Å². The standard InChI is InChI=1S/C18H13N/c1-2-6-13(7-3-1)14-10-11-18-16(12-14)15-8-4-5-9-17(15)19-18/h1-12,19H/i10D,11D,12D. The van der Waals surface area contributed by atoms with Crippen LogP contribution in [0.15, 0.2) is 72.7 Å². The second-order valence-corrected chi connectivity index (χ2v) is 4.54. The van der Waals surface area contributed by atoms with Gasteiger partial charge in [0.2, 0.25) is 0 Å². The summed E-state index contributed by atoms with van der Waals surface area (Å²) in [6.45, 7) is 0. The molecule has 19 heavy (non-hydrogen) atoms. The monoisotopic (exact) mass is 246 g/mol. The van der Waals surface area contributed by atoms with Crippen LogP contribution in [0.25, 0.3) is 32.9 Å². The number of hydrogen-bond acceptors (Lipinski definition) is 0. The van der Waals surface area contributed by atoms with Crippen molar-refractivity contribution < 1.29 is 4.11 Å². The lowest BCUT2D eigenvalue weighted by Gasteiger charge is -2.01. The van der Waals surface area contributed by atoms with Crippen molar-refractivity contribution >= 4 is 21.8 Å². The first-order chi connectivity index (χ1) is 10.7. The van der Waals surface area contributed by atoms with Gasteiger partial charge in [-0.15, -0.1) is 0 Å². The number of nitrogens with one attached hydrogen (secondary N) is 1. The molecule has 0 radical (unpaired) electrons. The second-order valence-electron chi connectivity index (χ2n) is 4.54. The number of aromatic amines is 1. The maximum absolute atomic E-state index is 8.59. The van der Waals surface area contributed by atoms with Gasteiger partial charge in [-0.1, -0.05) is 54.6 Å². The number of rotatable bonds is 1. The summed E-state index contributed by atoms with van der Waals surface area (Å²) in [5.74, 6) is 0. The molecule has 4 rings (SSSR count). The maximum atomic E-state index is 8.59. The molecule has 1 heterocycles. The van der Waals surface area contributed by atoms with E-state index in [-0.39, 0.29) is 12.1 Å². The van der Waals surface area contributed by atoms with Crippen LogP contribution < -0.4 is 0 Å². The van der Waals surface area contributed by atoms with Gasteiger partial charge in [-0.2, -0.15) is 0 Å². The summed E-state index contributed by atoms with van der Waals surface area (Å²) in [7, 11) is 0. The Morgan fingerprint density at radius 2 is 1.47 bits per heavy atom. The highest BCUT2D eigenvalue weighted by Gasteiger charge is 2.05. The molecule has 1 N–H and O–H groups in total. The molecule has 90 valence electrons. The van der Waals surface area contributed by atoms with E-state index in [1.165, 1.54) is 0 Å². The highest BCUT2D eigenvalue weighted by atomic mass is 14.7. The average molecular weight is 246 g/mol. The van der Waals surface area contributed by atoms with Gasteiger partial charge in [0.15, 0.2) is 0 Å². The zero-order chi connectivity index (χ0) is 15.3. The molecule has 1 aromatic heterocycles. The van der Waals surface area contributed by atoms with Crippen LogP contribution in [0.4, 0.5) is 0 Å². The molecule has 3 aromatic carbocycles. The molecule has 0 aliphatic heterocycles. The van der Waals surface area contributed by atoms with Crippen molar-refractivity contribution in [3.8, 4) is 11.1 Å². The normalized spacial score (nSPS) is 13.4. The number of H-pyrrole nitrogens is 1. The van der Waals surface area contributed by atoms with Crippen LogP contribution >= 0.6 is 0 Å². The Kier molecular flexibility index (Phi) is 1.64. The maximum Gasteiger partial charge on any atom is 0.0645 e. The van der Waals surface area contributed by atoms with E-state index in [1.54, 1.807) is 0 Å². The van der Waals surface area contributed by atoms with Crippen molar-refractivity contribution in [3.05, 3.63) is 72.7 Å². The summed E-state index contributed by atoms with van der Waals surface area (Å²) in [6.07, 6.45) is 0. The Balaban J connectivity index is 2.21. The number of hydrogen-bond donors (Lipinski definition) is 1. The number of aromatic nitrogens is 1. The topological polar surface area (TPSA) is 15.8 Å². The minimum Gasteiger partial charge on any atom is -0.355 e. The Morgan fingerprint density at radius 1 is 0.684 bits per heavy atom. The summed E-state index contributed by atoms with van der Waals surface area (Å²) < 4.78 is 25.2. The van der Waals surface area contributed by atoms with E-state index < -0.39 is 0 Å². The fourth-order valence-corrected chi connectivity index (χ4v) is 2.40. The van der Waals surface area contributed by atoms with Gasteiger partial charge in [-0.25, -0.2) is 0 Å². The third-order valence-electron chi connectivity index (χ3n) is 3.33. The highest BCUT2D eigenvalue weighted by Crippen LogP contribution is 2.29. The molecule has 0 atom stereocenters. The summed E-state index contributed by atoms with van der Waals surface area (Å²) in [4.78, 5) is 3.18. The smallest absolute Gasteiger partial charge is 0.0645 e. The molecule has 1 heteroatoms. The minimum atomic E-state index is 0.0928. The van der Waals surface area contributed by atoms with Gasteiger partial charge in [0, 0.05) is 21.8 Å². The van der Waals surface area contributed by atoms with Gasteiger partial charge in [-0.3, -0.25) is 0 Å². The molecule has 0 saturated carbocycles. The van der Waals surface area contributed by atoms with Crippen molar-refractivity contribution in [2.45, 2.75) is 0 Å². The molecule has 0 saturated heterocycles. The lowest BCUT2D eigenvalue weighted by molar-refractivity contribution is 1.54. The van der Waals surface area contributed by atoms with Gasteiger partial charge in [0.05, 0.1) is 4.11 Å². The summed E-state index contributed by atoms with van der Waals surface area (Å²) in [5.41, 5.74) is 2.78. The first kappa shape index (κ1) is 7.80. The van der Waals surface area contributed by atoms with Gasteiger partial charge >= 0.3 is 0 Å². The fraction of sp³-hybridized carbons (Fsp3) is 0. The highest BCUT2D eigenvalue weighted by molar-refractivity contribution is 6.08. The van der Waals surface area contributed by atoms with E-state index in [0.717, 1.165) is 21.9 Å². The Labute approximate surface area is 115 Å². The van der Waals surface area contributed by atoms with E-state index >= 15 is 0 Å². The molecule has 4 aromatic rings. The minimum absolute atomic E-state index is 0.0928. The van der Waals surface area contributed by atoms with Gasteiger partial charge in [0.25, 0.3) is 0 Å². The third kappa shape index (κ3) is 1.63. The van der Waals surface area contributed by atoms with Crippen molar-refractivity contribution in [1.29, 1.82) is 0 Å². The van der Waals surface area contributed by atoms with E-state index in [0.29, 0.717) is 17.1 Å². The van der Waals surface area contributed by atoms with Crippen molar-refractivity contribution in [1.82, 2.24) is 4.98 Å². The van der Waals surface area contributed by atoms with Crippen molar-refractivity contribution in [2.75, 3.05) is 0 Å². The van der Waals surface area contributed by atoms with E-state index in [2.05, 4.69) is 4.98 Å². The van der Waals surface area contributed by atoms with Crippen LogP contribution in [0, 0.1) is 0 Å². The summed E-state index contributed by atoms with van der Waals surface area (Å²) in [6, 6.07) is 17.7. The average Bonchev–Trinajstić information content (AvgIpc) is 2.94. The molecular weight excluding hydrogens is 230 g/mol. The molecule has 1 nitrogen and oxygen atoms in total. The van der Waals surface area contributed by atoms with E-state index in [4.69, 9.17) is 4.11 Å². The Hall–Kier alpha value is -2.54. The zero-order valence-corrected chi connectivity index (χ0v) is 10.2. The first-order valence-corrected chi connectivity index (χ1v) is 6.24. The Bertz CT molecular complexity index is 1000. The molecule has 0 amide bonds. The van der Waals surface area contributed by atoms with Crippen LogP contribution in [-0.2, 0) is 0 Å². The van der Waals surface area contributed by atoms with Crippen LogP contribution in [0.1, 0.15) is 4.11 Å². The van der Waals surface area contributed by atoms with Gasteiger partial charge in [0.1, 0.15) is 0 Å². The summed E-state index contributed by atoms with van der Waals surface area (Å²) >= 11 is 0. The molecule has 0 unspecified atom stereocenters. The lowest BCUT2D eigenvalue weighted by Crippen LogP contribution is -1.76. The third-order valence-corrected chi connectivity index (χ3v) is 3.33. The fourth-order valence-electron chi connectivity index (χ4n) is 2.40. The van der Waals surface area contributed by atoms with Crippen LogP contribution in [0.2, 0.25) is 0 Å². The zero-order valence-electron chi connectivity index (χ0n) is 13.2. The molecule has 0 bridgehead atoms. The molecule has 0 aliphatic rings. The second kappa shape index (κ2) is 3.99. The molecule has 0 aliphatic carbocycles. The first-order valence-electron chi connectivity index (χ1n) is 7.74. The van der Waals surface area contributed by atoms with Gasteiger partial charge in [-0.05, 0) is 29.3 Å². The predicted octanol–water partition coefficient (Wildman–Crippen LogP) is 4.99. The van der Waals surface area contributed by atoms with Crippen molar-refractivity contribution in [2.24, 2.45) is 0 Å². The predicted molar refractivity (Wildman–Crippen MR) is 81.2 cm³/mol. The van der Waals surface area contributed by atoms with E-state index in [1.807, 2.05) is 54.6 Å². The molecule has 0 spiro atoms. The van der Waals surface area contributed by atoms with Crippen molar-refractivity contribution in [3.63, 3.8) is 0 Å². The van der Waals surface area contributed by atoms with Crippen LogP contribution in [0.5, 0.6) is 0 Å². The quantitative estimate of drug-likeness (QED) is 0.487. The lowest BCUT2D eigenvalue weighted by atomic mass is 10.0. The Morgan fingerprint density at radius 3 is 2.37 bits per heavy atom. The molecule has 0 fully saturated rings. The largest absolute Gasteiger partial charge is 0.355 e. The van der Waals surface area contributed by atoms with Gasteiger partial charge < -0.3 is 4.98 Å². The van der Waals surface area contributed by atoms with Crippen LogP contribution in [-0.4, -0.2) is 4.98 Å².